The van der Waals surface area contributed by atoms with Gasteiger partial charge in [-0.15, -0.1) is 0 Å². The minimum atomic E-state index is 0.657. The molecule has 0 aromatic rings. The predicted molar refractivity (Wildman–Crippen MR) is 79.6 cm³/mol. The van der Waals surface area contributed by atoms with Crippen molar-refractivity contribution in [2.45, 2.75) is 45.7 Å². The third kappa shape index (κ3) is 6.21. The SMILES string of the molecule is CCC1CN(CCCOCCOC)C(C(C)C)CN1. The Kier molecular flexibility index (Phi) is 8.62. The second-order valence-corrected chi connectivity index (χ2v) is 5.78. The molecule has 1 aliphatic rings. The van der Waals surface area contributed by atoms with Gasteiger partial charge in [-0.3, -0.25) is 4.90 Å². The molecular weight excluding hydrogens is 240 g/mol. The quantitative estimate of drug-likeness (QED) is 0.648. The summed E-state index contributed by atoms with van der Waals surface area (Å²) < 4.78 is 10.5. The fourth-order valence-electron chi connectivity index (χ4n) is 2.70. The number of rotatable bonds is 9. The summed E-state index contributed by atoms with van der Waals surface area (Å²) in [6.45, 7) is 12.6. The van der Waals surface area contributed by atoms with Crippen LogP contribution in [-0.4, -0.2) is 63.5 Å². The summed E-state index contributed by atoms with van der Waals surface area (Å²) in [6.07, 6.45) is 2.33. The van der Waals surface area contributed by atoms with E-state index < -0.39 is 0 Å². The Labute approximate surface area is 118 Å². The fraction of sp³-hybridized carbons (Fsp3) is 1.00. The number of ether oxygens (including phenoxy) is 2. The van der Waals surface area contributed by atoms with Gasteiger partial charge in [-0.05, 0) is 18.8 Å². The fourth-order valence-corrected chi connectivity index (χ4v) is 2.70. The maximum Gasteiger partial charge on any atom is 0.0700 e. The summed E-state index contributed by atoms with van der Waals surface area (Å²) in [6, 6.07) is 1.33. The summed E-state index contributed by atoms with van der Waals surface area (Å²) in [5.74, 6) is 0.708. The van der Waals surface area contributed by atoms with Gasteiger partial charge < -0.3 is 14.8 Å². The molecule has 114 valence electrons. The van der Waals surface area contributed by atoms with Crippen LogP contribution < -0.4 is 5.32 Å². The number of hydrogen-bond donors (Lipinski definition) is 1. The molecule has 0 spiro atoms. The molecule has 0 amide bonds. The average molecular weight is 272 g/mol. The monoisotopic (exact) mass is 272 g/mol. The van der Waals surface area contributed by atoms with Crippen molar-refractivity contribution in [1.29, 1.82) is 0 Å². The van der Waals surface area contributed by atoms with Crippen molar-refractivity contribution in [3.8, 4) is 0 Å². The minimum absolute atomic E-state index is 0.657. The largest absolute Gasteiger partial charge is 0.382 e. The molecule has 4 nitrogen and oxygen atoms in total. The lowest BCUT2D eigenvalue weighted by molar-refractivity contribution is 0.0518. The van der Waals surface area contributed by atoms with E-state index in [1.54, 1.807) is 7.11 Å². The highest BCUT2D eigenvalue weighted by atomic mass is 16.5. The molecule has 1 fully saturated rings. The average Bonchev–Trinajstić information content (AvgIpc) is 2.42. The van der Waals surface area contributed by atoms with Crippen LogP contribution >= 0.6 is 0 Å². The van der Waals surface area contributed by atoms with Crippen molar-refractivity contribution in [3.05, 3.63) is 0 Å². The molecule has 1 N–H and O–H groups in total. The molecule has 0 aliphatic carbocycles. The standard InChI is InChI=1S/C15H32N2O2/c1-5-14-12-17(15(11-16-14)13(2)3)7-6-8-19-10-9-18-4/h13-16H,5-12H2,1-4H3. The van der Waals surface area contributed by atoms with Crippen molar-refractivity contribution in [2.24, 2.45) is 5.92 Å². The number of piperazine rings is 1. The number of nitrogens with zero attached hydrogens (tertiary/aromatic N) is 1. The van der Waals surface area contributed by atoms with Gasteiger partial charge in [-0.25, -0.2) is 0 Å². The second kappa shape index (κ2) is 9.70. The molecule has 2 atom stereocenters. The van der Waals surface area contributed by atoms with E-state index in [1.165, 1.54) is 13.0 Å². The van der Waals surface area contributed by atoms with Gasteiger partial charge in [-0.1, -0.05) is 20.8 Å². The van der Waals surface area contributed by atoms with Gasteiger partial charge in [0.15, 0.2) is 0 Å². The first-order chi connectivity index (χ1) is 9.19. The first kappa shape index (κ1) is 16.9. The Bertz CT molecular complexity index is 224. The Morgan fingerprint density at radius 3 is 2.68 bits per heavy atom. The normalized spacial score (nSPS) is 25.1. The zero-order valence-electron chi connectivity index (χ0n) is 13.2. The third-order valence-electron chi connectivity index (χ3n) is 3.97. The van der Waals surface area contributed by atoms with E-state index >= 15 is 0 Å². The van der Waals surface area contributed by atoms with E-state index in [-0.39, 0.29) is 0 Å². The summed E-state index contributed by atoms with van der Waals surface area (Å²) in [5.41, 5.74) is 0. The van der Waals surface area contributed by atoms with Crippen LogP contribution in [0, 0.1) is 5.92 Å². The van der Waals surface area contributed by atoms with E-state index in [9.17, 15) is 0 Å². The van der Waals surface area contributed by atoms with Crippen LogP contribution in [0.2, 0.25) is 0 Å². The van der Waals surface area contributed by atoms with Gasteiger partial charge in [0.25, 0.3) is 0 Å². The maximum atomic E-state index is 5.55. The van der Waals surface area contributed by atoms with Gasteiger partial charge in [0, 0.05) is 45.4 Å². The molecule has 2 unspecified atom stereocenters. The smallest absolute Gasteiger partial charge is 0.0700 e. The van der Waals surface area contributed by atoms with Crippen molar-refractivity contribution in [1.82, 2.24) is 10.2 Å². The molecule has 1 rings (SSSR count). The Morgan fingerprint density at radius 2 is 2.05 bits per heavy atom. The molecule has 1 aliphatic heterocycles. The highest BCUT2D eigenvalue weighted by molar-refractivity contribution is 4.87. The highest BCUT2D eigenvalue weighted by Crippen LogP contribution is 2.16. The third-order valence-corrected chi connectivity index (χ3v) is 3.97. The van der Waals surface area contributed by atoms with Crippen molar-refractivity contribution < 1.29 is 9.47 Å². The zero-order chi connectivity index (χ0) is 14.1. The van der Waals surface area contributed by atoms with Crippen molar-refractivity contribution >= 4 is 0 Å². The van der Waals surface area contributed by atoms with Crippen LogP contribution in [0.4, 0.5) is 0 Å². The molecule has 0 saturated carbocycles. The molecule has 0 radical (unpaired) electrons. The van der Waals surface area contributed by atoms with Crippen LogP contribution in [0.3, 0.4) is 0 Å². The lowest BCUT2D eigenvalue weighted by Crippen LogP contribution is -2.58. The summed E-state index contributed by atoms with van der Waals surface area (Å²) in [4.78, 5) is 2.65. The molecule has 1 heterocycles. The van der Waals surface area contributed by atoms with E-state index in [0.29, 0.717) is 31.2 Å². The van der Waals surface area contributed by atoms with Gasteiger partial charge >= 0.3 is 0 Å². The molecule has 1 saturated heterocycles. The van der Waals surface area contributed by atoms with Crippen LogP contribution in [0.5, 0.6) is 0 Å². The van der Waals surface area contributed by atoms with Gasteiger partial charge in [-0.2, -0.15) is 0 Å². The molecule has 0 bridgehead atoms. The highest BCUT2D eigenvalue weighted by Gasteiger charge is 2.28. The van der Waals surface area contributed by atoms with Crippen LogP contribution in [0.1, 0.15) is 33.6 Å². The van der Waals surface area contributed by atoms with Gasteiger partial charge in [0.2, 0.25) is 0 Å². The van der Waals surface area contributed by atoms with Gasteiger partial charge in [0.1, 0.15) is 0 Å². The Balaban J connectivity index is 2.25. The van der Waals surface area contributed by atoms with Gasteiger partial charge in [0.05, 0.1) is 13.2 Å². The van der Waals surface area contributed by atoms with Crippen LogP contribution in [0.25, 0.3) is 0 Å². The number of hydrogen-bond acceptors (Lipinski definition) is 4. The first-order valence-corrected chi connectivity index (χ1v) is 7.73. The van der Waals surface area contributed by atoms with Crippen LogP contribution in [-0.2, 0) is 9.47 Å². The maximum absolute atomic E-state index is 5.55. The molecule has 0 aromatic heterocycles. The molecule has 4 heteroatoms. The molecule has 0 aromatic carbocycles. The lowest BCUT2D eigenvalue weighted by Gasteiger charge is -2.42. The second-order valence-electron chi connectivity index (χ2n) is 5.78. The number of methoxy groups -OCH3 is 1. The van der Waals surface area contributed by atoms with Crippen LogP contribution in [0.15, 0.2) is 0 Å². The summed E-state index contributed by atoms with van der Waals surface area (Å²) in [7, 11) is 1.71. The van der Waals surface area contributed by atoms with E-state index in [4.69, 9.17) is 9.47 Å². The molecular formula is C15H32N2O2. The summed E-state index contributed by atoms with van der Waals surface area (Å²) in [5, 5.41) is 3.66. The topological polar surface area (TPSA) is 33.7 Å². The number of nitrogens with one attached hydrogen (secondary N) is 1. The molecule has 19 heavy (non-hydrogen) atoms. The summed E-state index contributed by atoms with van der Waals surface area (Å²) >= 11 is 0. The lowest BCUT2D eigenvalue weighted by atomic mass is 9.97. The minimum Gasteiger partial charge on any atom is -0.382 e. The predicted octanol–water partition coefficient (Wildman–Crippen LogP) is 1.75. The van der Waals surface area contributed by atoms with E-state index in [2.05, 4.69) is 31.0 Å². The first-order valence-electron chi connectivity index (χ1n) is 7.73. The zero-order valence-corrected chi connectivity index (χ0v) is 13.2. The Morgan fingerprint density at radius 1 is 1.26 bits per heavy atom. The van der Waals surface area contributed by atoms with E-state index in [1.807, 2.05) is 0 Å². The van der Waals surface area contributed by atoms with E-state index in [0.717, 1.165) is 26.1 Å². The van der Waals surface area contributed by atoms with Crippen molar-refractivity contribution in [3.63, 3.8) is 0 Å². The van der Waals surface area contributed by atoms with Crippen molar-refractivity contribution in [2.75, 3.05) is 46.6 Å². The Hall–Kier alpha value is -0.160.